The summed E-state index contributed by atoms with van der Waals surface area (Å²) in [6.07, 6.45) is 0. The van der Waals surface area contributed by atoms with Gasteiger partial charge in [0.1, 0.15) is 0 Å². The molecule has 2 unspecified atom stereocenters. The van der Waals surface area contributed by atoms with Crippen LogP contribution in [0.5, 0.6) is 11.5 Å². The SMILES string of the molecule is COc1ccc(CN2CC(C)NC(C)C2)c(Cl)c1OC.Cl. The van der Waals surface area contributed by atoms with E-state index >= 15 is 0 Å². The number of halogens is 2. The number of ether oxygens (including phenoxy) is 2. The molecule has 1 saturated heterocycles. The van der Waals surface area contributed by atoms with Crippen molar-refractivity contribution in [3.05, 3.63) is 22.7 Å². The second kappa shape index (κ2) is 8.08. The molecule has 0 spiro atoms. The Morgan fingerprint density at radius 2 is 1.81 bits per heavy atom. The van der Waals surface area contributed by atoms with E-state index in [0.717, 1.165) is 25.2 Å². The first-order valence-corrected chi connectivity index (χ1v) is 7.30. The van der Waals surface area contributed by atoms with E-state index in [4.69, 9.17) is 21.1 Å². The lowest BCUT2D eigenvalue weighted by Crippen LogP contribution is -2.53. The van der Waals surface area contributed by atoms with E-state index in [0.29, 0.717) is 28.6 Å². The van der Waals surface area contributed by atoms with E-state index in [9.17, 15) is 0 Å². The molecule has 0 saturated carbocycles. The van der Waals surface area contributed by atoms with Crippen LogP contribution in [0.15, 0.2) is 12.1 Å². The fourth-order valence-electron chi connectivity index (χ4n) is 2.86. The zero-order valence-corrected chi connectivity index (χ0v) is 14.6. The average Bonchev–Trinajstić information content (AvgIpc) is 2.39. The van der Waals surface area contributed by atoms with Crippen LogP contribution in [-0.4, -0.2) is 44.3 Å². The minimum Gasteiger partial charge on any atom is -0.493 e. The first-order chi connectivity index (χ1) is 9.55. The molecule has 1 heterocycles. The van der Waals surface area contributed by atoms with Gasteiger partial charge in [0.15, 0.2) is 11.5 Å². The third-order valence-corrected chi connectivity index (χ3v) is 4.01. The molecule has 0 bridgehead atoms. The molecular formula is C15H24Cl2N2O2. The van der Waals surface area contributed by atoms with Crippen LogP contribution in [0.4, 0.5) is 0 Å². The third kappa shape index (κ3) is 4.39. The number of hydrogen-bond donors (Lipinski definition) is 1. The first-order valence-electron chi connectivity index (χ1n) is 6.93. The van der Waals surface area contributed by atoms with E-state index in [1.807, 2.05) is 12.1 Å². The van der Waals surface area contributed by atoms with Crippen LogP contribution in [0.1, 0.15) is 19.4 Å². The van der Waals surface area contributed by atoms with Gasteiger partial charge in [-0.25, -0.2) is 0 Å². The van der Waals surface area contributed by atoms with E-state index < -0.39 is 0 Å². The largest absolute Gasteiger partial charge is 0.493 e. The average molecular weight is 335 g/mol. The molecule has 1 aliphatic rings. The lowest BCUT2D eigenvalue weighted by molar-refractivity contribution is 0.166. The highest BCUT2D eigenvalue weighted by Gasteiger charge is 2.22. The highest BCUT2D eigenvalue weighted by Crippen LogP contribution is 2.37. The number of methoxy groups -OCH3 is 2. The fraction of sp³-hybridized carbons (Fsp3) is 0.600. The predicted octanol–water partition coefficient (Wildman–Crippen LogP) is 2.96. The predicted molar refractivity (Wildman–Crippen MR) is 89.1 cm³/mol. The summed E-state index contributed by atoms with van der Waals surface area (Å²) < 4.78 is 10.6. The van der Waals surface area contributed by atoms with Gasteiger partial charge < -0.3 is 14.8 Å². The van der Waals surface area contributed by atoms with Crippen LogP contribution in [0, 0.1) is 0 Å². The van der Waals surface area contributed by atoms with Crippen molar-refractivity contribution in [2.45, 2.75) is 32.5 Å². The summed E-state index contributed by atoms with van der Waals surface area (Å²) in [7, 11) is 3.23. The Kier molecular flexibility index (Phi) is 7.07. The topological polar surface area (TPSA) is 33.7 Å². The van der Waals surface area contributed by atoms with Gasteiger partial charge in [-0.2, -0.15) is 0 Å². The van der Waals surface area contributed by atoms with Crippen molar-refractivity contribution in [3.8, 4) is 11.5 Å². The Morgan fingerprint density at radius 1 is 1.19 bits per heavy atom. The molecule has 0 amide bonds. The fourth-order valence-corrected chi connectivity index (χ4v) is 3.16. The van der Waals surface area contributed by atoms with Crippen molar-refractivity contribution in [2.75, 3.05) is 27.3 Å². The summed E-state index contributed by atoms with van der Waals surface area (Å²) in [5.74, 6) is 1.28. The van der Waals surface area contributed by atoms with Gasteiger partial charge in [0, 0.05) is 31.7 Å². The summed E-state index contributed by atoms with van der Waals surface area (Å²) in [4.78, 5) is 2.42. The van der Waals surface area contributed by atoms with Gasteiger partial charge in [-0.1, -0.05) is 17.7 Å². The molecule has 0 aliphatic carbocycles. The van der Waals surface area contributed by atoms with Crippen molar-refractivity contribution in [2.24, 2.45) is 0 Å². The molecule has 6 heteroatoms. The number of hydrogen-bond acceptors (Lipinski definition) is 4. The second-order valence-electron chi connectivity index (χ2n) is 5.44. The molecule has 2 rings (SSSR count). The standard InChI is InChI=1S/C15H23ClN2O2.ClH/c1-10-7-18(8-11(2)17-10)9-12-5-6-13(19-3)15(20-4)14(12)16;/h5-6,10-11,17H,7-9H2,1-4H3;1H. The van der Waals surface area contributed by atoms with Crippen LogP contribution in [-0.2, 0) is 6.54 Å². The van der Waals surface area contributed by atoms with Gasteiger partial charge in [0.2, 0.25) is 0 Å². The molecule has 4 nitrogen and oxygen atoms in total. The Morgan fingerprint density at radius 3 is 2.33 bits per heavy atom. The number of piperazine rings is 1. The maximum absolute atomic E-state index is 6.44. The molecule has 2 atom stereocenters. The molecule has 1 N–H and O–H groups in total. The monoisotopic (exact) mass is 334 g/mol. The molecule has 1 fully saturated rings. The number of nitrogens with zero attached hydrogens (tertiary/aromatic N) is 1. The van der Waals surface area contributed by atoms with Crippen molar-refractivity contribution in [1.29, 1.82) is 0 Å². The van der Waals surface area contributed by atoms with Gasteiger partial charge in [0.05, 0.1) is 19.2 Å². The number of benzene rings is 1. The maximum atomic E-state index is 6.44. The van der Waals surface area contributed by atoms with Crippen molar-refractivity contribution < 1.29 is 9.47 Å². The van der Waals surface area contributed by atoms with E-state index in [1.165, 1.54) is 0 Å². The third-order valence-electron chi connectivity index (χ3n) is 3.59. The van der Waals surface area contributed by atoms with Crippen LogP contribution in [0.3, 0.4) is 0 Å². The Balaban J connectivity index is 0.00000220. The van der Waals surface area contributed by atoms with Crippen molar-refractivity contribution in [1.82, 2.24) is 10.2 Å². The number of rotatable bonds is 4. The van der Waals surface area contributed by atoms with E-state index in [-0.39, 0.29) is 12.4 Å². The smallest absolute Gasteiger partial charge is 0.179 e. The maximum Gasteiger partial charge on any atom is 0.179 e. The minimum absolute atomic E-state index is 0. The highest BCUT2D eigenvalue weighted by molar-refractivity contribution is 6.33. The van der Waals surface area contributed by atoms with Crippen LogP contribution in [0.25, 0.3) is 0 Å². The molecule has 1 aromatic carbocycles. The highest BCUT2D eigenvalue weighted by atomic mass is 35.5. The molecule has 0 aromatic heterocycles. The first kappa shape index (κ1) is 18.4. The van der Waals surface area contributed by atoms with Crippen molar-refractivity contribution >= 4 is 24.0 Å². The molecular weight excluding hydrogens is 311 g/mol. The quantitative estimate of drug-likeness (QED) is 0.917. The van der Waals surface area contributed by atoms with Crippen molar-refractivity contribution in [3.63, 3.8) is 0 Å². The summed E-state index contributed by atoms with van der Waals surface area (Å²) >= 11 is 6.44. The van der Waals surface area contributed by atoms with Gasteiger partial charge in [-0.15, -0.1) is 12.4 Å². The molecule has 120 valence electrons. The molecule has 1 aromatic rings. The zero-order valence-electron chi connectivity index (χ0n) is 13.0. The van der Waals surface area contributed by atoms with Crippen LogP contribution < -0.4 is 14.8 Å². The van der Waals surface area contributed by atoms with E-state index in [2.05, 4.69) is 24.1 Å². The van der Waals surface area contributed by atoms with Gasteiger partial charge in [0.25, 0.3) is 0 Å². The lowest BCUT2D eigenvalue weighted by Gasteiger charge is -2.36. The number of nitrogens with one attached hydrogen (secondary N) is 1. The summed E-state index contributed by atoms with van der Waals surface area (Å²) in [6.45, 7) is 7.29. The Labute approximate surface area is 138 Å². The molecule has 21 heavy (non-hydrogen) atoms. The molecule has 1 aliphatic heterocycles. The summed E-state index contributed by atoms with van der Waals surface area (Å²) in [5, 5.41) is 4.18. The summed E-state index contributed by atoms with van der Waals surface area (Å²) in [5.41, 5.74) is 1.07. The zero-order chi connectivity index (χ0) is 14.7. The van der Waals surface area contributed by atoms with Gasteiger partial charge in [-0.3, -0.25) is 4.90 Å². The normalized spacial score (nSPS) is 22.5. The lowest BCUT2D eigenvalue weighted by atomic mass is 10.1. The molecule has 0 radical (unpaired) electrons. The Hall–Kier alpha value is -0.680. The van der Waals surface area contributed by atoms with E-state index in [1.54, 1.807) is 14.2 Å². The second-order valence-corrected chi connectivity index (χ2v) is 5.81. The van der Waals surface area contributed by atoms with Gasteiger partial charge in [-0.05, 0) is 25.5 Å². The Bertz CT molecular complexity index is 461. The minimum atomic E-state index is 0. The summed E-state index contributed by atoms with van der Waals surface area (Å²) in [6, 6.07) is 4.92. The van der Waals surface area contributed by atoms with Crippen LogP contribution in [0.2, 0.25) is 5.02 Å². The van der Waals surface area contributed by atoms with Crippen LogP contribution >= 0.6 is 24.0 Å². The van der Waals surface area contributed by atoms with Gasteiger partial charge >= 0.3 is 0 Å².